The van der Waals surface area contributed by atoms with Crippen molar-refractivity contribution in [3.63, 3.8) is 0 Å². The third kappa shape index (κ3) is 3.47. The number of hydrogen-bond acceptors (Lipinski definition) is 5. The molecule has 0 aromatic heterocycles. The summed E-state index contributed by atoms with van der Waals surface area (Å²) >= 11 is 1.28. The van der Waals surface area contributed by atoms with Gasteiger partial charge in [0.1, 0.15) is 12.4 Å². The molecule has 1 atom stereocenters. The summed E-state index contributed by atoms with van der Waals surface area (Å²) < 4.78 is 18.1. The molecule has 0 aliphatic carbocycles. The number of aliphatic hydroxyl groups is 1. The molecule has 0 unspecified atom stereocenters. The molecule has 1 heterocycles. The van der Waals surface area contributed by atoms with Gasteiger partial charge in [-0.3, -0.25) is 14.5 Å². The van der Waals surface area contributed by atoms with Crippen LogP contribution in [0.5, 0.6) is 0 Å². The quantitative estimate of drug-likeness (QED) is 0.796. The molecule has 1 amide bonds. The fraction of sp³-hybridized carbons (Fsp3) is 0.412. The summed E-state index contributed by atoms with van der Waals surface area (Å²) in [5, 5.41) is 11.0. The van der Waals surface area contributed by atoms with Crippen LogP contribution in [0.1, 0.15) is 26.3 Å². The van der Waals surface area contributed by atoms with Crippen molar-refractivity contribution in [1.29, 1.82) is 0 Å². The Labute approximate surface area is 144 Å². The summed E-state index contributed by atoms with van der Waals surface area (Å²) in [5.41, 5.74) is -0.764. The molecule has 0 spiro atoms. The first-order valence-electron chi connectivity index (χ1n) is 7.66. The normalized spacial score (nSPS) is 20.7. The number of benzene rings is 1. The summed E-state index contributed by atoms with van der Waals surface area (Å²) in [6.07, 6.45) is 0. The van der Waals surface area contributed by atoms with Crippen molar-refractivity contribution >= 4 is 29.2 Å². The number of ether oxygens (including phenoxy) is 1. The van der Waals surface area contributed by atoms with Gasteiger partial charge in [0.25, 0.3) is 5.91 Å². The molecule has 1 aromatic carbocycles. The highest BCUT2D eigenvalue weighted by Crippen LogP contribution is 2.44. The van der Waals surface area contributed by atoms with Crippen molar-refractivity contribution in [3.8, 4) is 0 Å². The molecule has 24 heavy (non-hydrogen) atoms. The molecule has 1 aromatic rings. The standard InChI is InChI=1S/C17H20FNO4S/c1-4-23-13(20)10-19-16(21)15(24-5-2)14(17(19,3)22)11-6-8-12(18)9-7-11/h6-9,22H,4-5,10H2,1-3H3/t17-/m0/s1. The summed E-state index contributed by atoms with van der Waals surface area (Å²) in [7, 11) is 0. The third-order valence-corrected chi connectivity index (χ3v) is 4.64. The lowest BCUT2D eigenvalue weighted by Gasteiger charge is -2.32. The minimum atomic E-state index is -1.68. The topological polar surface area (TPSA) is 66.8 Å². The number of esters is 1. The number of carbonyl (C=O) groups excluding carboxylic acids is 2. The van der Waals surface area contributed by atoms with Gasteiger partial charge >= 0.3 is 5.97 Å². The number of halogens is 1. The zero-order valence-electron chi connectivity index (χ0n) is 13.8. The van der Waals surface area contributed by atoms with Crippen LogP contribution < -0.4 is 0 Å². The highest BCUT2D eigenvalue weighted by molar-refractivity contribution is 8.04. The fourth-order valence-corrected chi connectivity index (χ4v) is 3.62. The van der Waals surface area contributed by atoms with Crippen molar-refractivity contribution in [2.24, 2.45) is 0 Å². The van der Waals surface area contributed by atoms with Gasteiger partial charge in [0, 0.05) is 5.57 Å². The molecule has 2 rings (SSSR count). The summed E-state index contributed by atoms with van der Waals surface area (Å²) in [6.45, 7) is 4.85. The second-order valence-corrected chi connectivity index (χ2v) is 6.64. The molecule has 0 radical (unpaired) electrons. The minimum absolute atomic E-state index is 0.192. The Kier molecular flexibility index (Phi) is 5.66. The van der Waals surface area contributed by atoms with E-state index < -0.39 is 23.4 Å². The maximum Gasteiger partial charge on any atom is 0.325 e. The molecule has 7 heteroatoms. The van der Waals surface area contributed by atoms with E-state index in [0.717, 1.165) is 4.90 Å². The molecule has 130 valence electrons. The number of hydrogen-bond donors (Lipinski definition) is 1. The molecule has 0 saturated carbocycles. The molecular formula is C17H20FNO4S. The van der Waals surface area contributed by atoms with Crippen LogP contribution >= 0.6 is 11.8 Å². The Balaban J connectivity index is 2.45. The average Bonchev–Trinajstić information content (AvgIpc) is 2.70. The van der Waals surface area contributed by atoms with Crippen LogP contribution in [-0.2, 0) is 14.3 Å². The van der Waals surface area contributed by atoms with Gasteiger partial charge in [0.2, 0.25) is 0 Å². The van der Waals surface area contributed by atoms with Crippen molar-refractivity contribution < 1.29 is 23.8 Å². The molecule has 0 bridgehead atoms. The van der Waals surface area contributed by atoms with Crippen molar-refractivity contribution in [1.82, 2.24) is 4.90 Å². The molecule has 1 aliphatic heterocycles. The molecule has 1 aliphatic rings. The maximum atomic E-state index is 13.2. The molecule has 5 nitrogen and oxygen atoms in total. The van der Waals surface area contributed by atoms with Crippen molar-refractivity contribution in [3.05, 3.63) is 40.6 Å². The van der Waals surface area contributed by atoms with Gasteiger partial charge in [-0.05, 0) is 37.3 Å². The first-order chi connectivity index (χ1) is 11.3. The van der Waals surface area contributed by atoms with Crippen LogP contribution in [0.25, 0.3) is 5.57 Å². The molecule has 1 N–H and O–H groups in total. The number of nitrogens with zero attached hydrogens (tertiary/aromatic N) is 1. The monoisotopic (exact) mass is 353 g/mol. The van der Waals surface area contributed by atoms with E-state index in [1.807, 2.05) is 6.92 Å². The van der Waals surface area contributed by atoms with E-state index in [-0.39, 0.29) is 13.2 Å². The zero-order chi connectivity index (χ0) is 17.9. The highest BCUT2D eigenvalue weighted by Gasteiger charge is 2.48. The van der Waals surface area contributed by atoms with Crippen molar-refractivity contribution in [2.45, 2.75) is 26.5 Å². The SMILES string of the molecule is CCOC(=O)CN1C(=O)C(SCC)=C(c2ccc(F)cc2)[C@]1(C)O. The van der Waals surface area contributed by atoms with Crippen molar-refractivity contribution in [2.75, 3.05) is 18.9 Å². The molecule has 0 saturated heterocycles. The van der Waals surface area contributed by atoms with Gasteiger partial charge in [-0.25, -0.2) is 4.39 Å². The minimum Gasteiger partial charge on any atom is -0.465 e. The van der Waals surface area contributed by atoms with E-state index in [1.54, 1.807) is 6.92 Å². The van der Waals surface area contributed by atoms with Gasteiger partial charge in [-0.15, -0.1) is 11.8 Å². The number of thioether (sulfide) groups is 1. The van der Waals surface area contributed by atoms with Gasteiger partial charge in [0.05, 0.1) is 11.5 Å². The van der Waals surface area contributed by atoms with E-state index in [2.05, 4.69) is 0 Å². The lowest BCUT2D eigenvalue weighted by molar-refractivity contribution is -0.156. The summed E-state index contributed by atoms with van der Waals surface area (Å²) in [4.78, 5) is 25.9. The Morgan fingerprint density at radius 2 is 1.96 bits per heavy atom. The average molecular weight is 353 g/mol. The van der Waals surface area contributed by atoms with E-state index in [9.17, 15) is 19.1 Å². The number of carbonyl (C=O) groups is 2. The number of amides is 1. The predicted octanol–water partition coefficient (Wildman–Crippen LogP) is 2.40. The Morgan fingerprint density at radius 3 is 2.50 bits per heavy atom. The first kappa shape index (κ1) is 18.5. The van der Waals surface area contributed by atoms with Crippen LogP contribution in [0.2, 0.25) is 0 Å². The Hall–Kier alpha value is -1.86. The first-order valence-corrected chi connectivity index (χ1v) is 8.64. The number of rotatable bonds is 6. The van der Waals surface area contributed by atoms with Crippen LogP contribution in [0, 0.1) is 5.82 Å². The van der Waals surface area contributed by atoms with Crippen LogP contribution in [0.3, 0.4) is 0 Å². The van der Waals surface area contributed by atoms with E-state index in [1.165, 1.54) is 43.0 Å². The van der Waals surface area contributed by atoms with Crippen LogP contribution in [0.4, 0.5) is 4.39 Å². The maximum absolute atomic E-state index is 13.2. The van der Waals surface area contributed by atoms with Crippen LogP contribution in [0.15, 0.2) is 29.2 Å². The van der Waals surface area contributed by atoms with E-state index in [0.29, 0.717) is 21.8 Å². The van der Waals surface area contributed by atoms with E-state index in [4.69, 9.17) is 4.74 Å². The van der Waals surface area contributed by atoms with Crippen LogP contribution in [-0.4, -0.2) is 46.5 Å². The molecule has 0 fully saturated rings. The summed E-state index contributed by atoms with van der Waals surface area (Å²) in [6, 6.07) is 5.56. The molecular weight excluding hydrogens is 333 g/mol. The predicted molar refractivity (Wildman–Crippen MR) is 90.4 cm³/mol. The lowest BCUT2D eigenvalue weighted by atomic mass is 9.98. The second kappa shape index (κ2) is 7.36. The Morgan fingerprint density at radius 1 is 1.33 bits per heavy atom. The highest BCUT2D eigenvalue weighted by atomic mass is 32.2. The largest absolute Gasteiger partial charge is 0.465 e. The Bertz CT molecular complexity index is 670. The summed E-state index contributed by atoms with van der Waals surface area (Å²) in [5.74, 6) is -0.808. The van der Waals surface area contributed by atoms with Gasteiger partial charge < -0.3 is 9.84 Å². The zero-order valence-corrected chi connectivity index (χ0v) is 14.7. The lowest BCUT2D eigenvalue weighted by Crippen LogP contribution is -2.48. The third-order valence-electron chi connectivity index (χ3n) is 3.68. The van der Waals surface area contributed by atoms with E-state index >= 15 is 0 Å². The smallest absolute Gasteiger partial charge is 0.325 e. The van der Waals surface area contributed by atoms with Gasteiger partial charge in [-0.2, -0.15) is 0 Å². The fourth-order valence-electron chi connectivity index (χ4n) is 2.64. The second-order valence-electron chi connectivity index (χ2n) is 5.36. The van der Waals surface area contributed by atoms with Gasteiger partial charge in [-0.1, -0.05) is 19.1 Å². The van der Waals surface area contributed by atoms with Gasteiger partial charge in [0.15, 0.2) is 5.72 Å².